The van der Waals surface area contributed by atoms with Gasteiger partial charge in [0.2, 0.25) is 0 Å². The summed E-state index contributed by atoms with van der Waals surface area (Å²) >= 11 is 3.41. The molecule has 0 aliphatic heterocycles. The van der Waals surface area contributed by atoms with E-state index in [0.717, 1.165) is 15.6 Å². The lowest BCUT2D eigenvalue weighted by Crippen LogP contribution is -1.96. The van der Waals surface area contributed by atoms with E-state index in [9.17, 15) is 0 Å². The van der Waals surface area contributed by atoms with Gasteiger partial charge in [-0.15, -0.1) is 0 Å². The third-order valence-corrected chi connectivity index (χ3v) is 2.76. The van der Waals surface area contributed by atoms with Crippen molar-refractivity contribution in [1.29, 1.82) is 5.26 Å². The van der Waals surface area contributed by atoms with Crippen molar-refractivity contribution in [1.82, 2.24) is 4.98 Å². The predicted octanol–water partition coefficient (Wildman–Crippen LogP) is 3.43. The van der Waals surface area contributed by atoms with Gasteiger partial charge in [0.25, 0.3) is 0 Å². The summed E-state index contributed by atoms with van der Waals surface area (Å²) in [5, 5.41) is 9.16. The van der Waals surface area contributed by atoms with Gasteiger partial charge in [-0.25, -0.2) is 0 Å². The van der Waals surface area contributed by atoms with Crippen LogP contribution in [0.4, 0.5) is 0 Å². The van der Waals surface area contributed by atoms with E-state index in [-0.39, 0.29) is 5.92 Å². The molecule has 74 valence electrons. The van der Waals surface area contributed by atoms with Crippen molar-refractivity contribution >= 4 is 15.9 Å². The van der Waals surface area contributed by atoms with Gasteiger partial charge in [-0.2, -0.15) is 5.26 Å². The molecule has 1 unspecified atom stereocenters. The highest BCUT2D eigenvalue weighted by molar-refractivity contribution is 9.10. The molecule has 1 N–H and O–H groups in total. The molecule has 2 aromatic rings. The summed E-state index contributed by atoms with van der Waals surface area (Å²) in [6.45, 7) is 0. The highest BCUT2D eigenvalue weighted by atomic mass is 79.9. The van der Waals surface area contributed by atoms with E-state index < -0.39 is 0 Å². The number of aromatic nitrogens is 1. The third kappa shape index (κ3) is 2.11. The average molecular weight is 261 g/mol. The number of aromatic amines is 1. The Morgan fingerprint density at radius 1 is 1.27 bits per heavy atom. The molecule has 15 heavy (non-hydrogen) atoms. The van der Waals surface area contributed by atoms with E-state index in [1.807, 2.05) is 42.7 Å². The lowest BCUT2D eigenvalue weighted by atomic mass is 9.95. The Morgan fingerprint density at radius 3 is 2.73 bits per heavy atom. The van der Waals surface area contributed by atoms with E-state index in [4.69, 9.17) is 5.26 Å². The summed E-state index contributed by atoms with van der Waals surface area (Å²) in [6.07, 6.45) is 3.69. The van der Waals surface area contributed by atoms with Crippen molar-refractivity contribution < 1.29 is 0 Å². The van der Waals surface area contributed by atoms with Gasteiger partial charge in [0.1, 0.15) is 0 Å². The first-order valence-electron chi connectivity index (χ1n) is 4.59. The van der Waals surface area contributed by atoms with Crippen LogP contribution < -0.4 is 0 Å². The quantitative estimate of drug-likeness (QED) is 0.883. The van der Waals surface area contributed by atoms with Gasteiger partial charge in [-0.1, -0.05) is 28.1 Å². The van der Waals surface area contributed by atoms with Crippen LogP contribution in [0.2, 0.25) is 0 Å². The lowest BCUT2D eigenvalue weighted by Gasteiger charge is -2.07. The van der Waals surface area contributed by atoms with Crippen molar-refractivity contribution in [2.75, 3.05) is 0 Å². The molecule has 0 saturated carbocycles. The van der Waals surface area contributed by atoms with Crippen molar-refractivity contribution in [3.05, 3.63) is 58.3 Å². The van der Waals surface area contributed by atoms with E-state index in [1.54, 1.807) is 0 Å². The van der Waals surface area contributed by atoms with E-state index in [1.165, 1.54) is 0 Å². The lowest BCUT2D eigenvalue weighted by molar-refractivity contribution is 1.04. The van der Waals surface area contributed by atoms with Crippen LogP contribution in [0, 0.1) is 11.3 Å². The second-order valence-electron chi connectivity index (χ2n) is 3.26. The first-order valence-corrected chi connectivity index (χ1v) is 5.38. The summed E-state index contributed by atoms with van der Waals surface area (Å²) in [6, 6.07) is 12.1. The van der Waals surface area contributed by atoms with Crippen molar-refractivity contribution in [3.63, 3.8) is 0 Å². The maximum Gasteiger partial charge on any atom is 0.0977 e. The molecule has 0 spiro atoms. The number of H-pyrrole nitrogens is 1. The zero-order valence-corrected chi connectivity index (χ0v) is 9.53. The number of hydrogen-bond donors (Lipinski definition) is 1. The Balaban J connectivity index is 2.41. The number of benzene rings is 1. The average Bonchev–Trinajstić information content (AvgIpc) is 2.72. The summed E-state index contributed by atoms with van der Waals surface area (Å²) < 4.78 is 0.996. The number of nitrogens with zero attached hydrogens (tertiary/aromatic N) is 1. The second-order valence-corrected chi connectivity index (χ2v) is 4.18. The normalized spacial score (nSPS) is 12.0. The van der Waals surface area contributed by atoms with E-state index in [0.29, 0.717) is 0 Å². The van der Waals surface area contributed by atoms with Gasteiger partial charge in [-0.05, 0) is 29.3 Å². The van der Waals surface area contributed by atoms with Crippen LogP contribution in [0.3, 0.4) is 0 Å². The molecule has 1 heterocycles. The molecule has 2 nitrogen and oxygen atoms in total. The zero-order chi connectivity index (χ0) is 10.7. The summed E-state index contributed by atoms with van der Waals surface area (Å²) in [4.78, 5) is 2.97. The summed E-state index contributed by atoms with van der Waals surface area (Å²) in [7, 11) is 0. The minimum atomic E-state index is -0.200. The fraction of sp³-hybridized carbons (Fsp3) is 0.0833. The molecule has 0 aliphatic rings. The molecular weight excluding hydrogens is 252 g/mol. The smallest absolute Gasteiger partial charge is 0.0977 e. The monoisotopic (exact) mass is 260 g/mol. The Bertz CT molecular complexity index is 483. The number of nitrogens with one attached hydrogen (secondary N) is 1. The van der Waals surface area contributed by atoms with Gasteiger partial charge in [0, 0.05) is 16.9 Å². The Labute approximate surface area is 96.7 Å². The minimum absolute atomic E-state index is 0.200. The van der Waals surface area contributed by atoms with Crippen LogP contribution in [0.25, 0.3) is 0 Å². The Morgan fingerprint density at radius 2 is 2.13 bits per heavy atom. The van der Waals surface area contributed by atoms with Crippen LogP contribution in [0.5, 0.6) is 0 Å². The standard InChI is InChI=1S/C12H9BrN2/c13-11-3-1-2-9(6-11)12(7-14)10-4-5-15-8-10/h1-6,8,12,15H. The van der Waals surface area contributed by atoms with Crippen molar-refractivity contribution in [3.8, 4) is 6.07 Å². The molecule has 0 fully saturated rings. The Kier molecular flexibility index (Phi) is 2.89. The largest absolute Gasteiger partial charge is 0.367 e. The molecule has 0 amide bonds. The highest BCUT2D eigenvalue weighted by Crippen LogP contribution is 2.25. The molecule has 0 aliphatic carbocycles. The molecule has 2 rings (SSSR count). The molecule has 1 aromatic heterocycles. The SMILES string of the molecule is N#CC(c1cc[nH]c1)c1cccc(Br)c1. The molecule has 0 bridgehead atoms. The molecule has 1 atom stereocenters. The van der Waals surface area contributed by atoms with Crippen molar-refractivity contribution in [2.24, 2.45) is 0 Å². The highest BCUT2D eigenvalue weighted by Gasteiger charge is 2.13. The molecule has 0 saturated heterocycles. The molecule has 1 aromatic carbocycles. The van der Waals surface area contributed by atoms with E-state index >= 15 is 0 Å². The number of hydrogen-bond acceptors (Lipinski definition) is 1. The maximum absolute atomic E-state index is 9.16. The number of rotatable bonds is 2. The van der Waals surface area contributed by atoms with Crippen LogP contribution in [-0.4, -0.2) is 4.98 Å². The minimum Gasteiger partial charge on any atom is -0.367 e. The fourth-order valence-electron chi connectivity index (χ4n) is 1.54. The molecular formula is C12H9BrN2. The first kappa shape index (κ1) is 10.0. The maximum atomic E-state index is 9.16. The predicted molar refractivity (Wildman–Crippen MR) is 62.4 cm³/mol. The number of nitriles is 1. The second kappa shape index (κ2) is 4.33. The van der Waals surface area contributed by atoms with Gasteiger partial charge >= 0.3 is 0 Å². The number of halogens is 1. The Hall–Kier alpha value is -1.53. The third-order valence-electron chi connectivity index (χ3n) is 2.27. The van der Waals surface area contributed by atoms with Crippen LogP contribution in [0.15, 0.2) is 47.2 Å². The summed E-state index contributed by atoms with van der Waals surface area (Å²) in [5.41, 5.74) is 2.00. The topological polar surface area (TPSA) is 39.6 Å². The van der Waals surface area contributed by atoms with Crippen LogP contribution in [-0.2, 0) is 0 Å². The van der Waals surface area contributed by atoms with Gasteiger partial charge < -0.3 is 4.98 Å². The van der Waals surface area contributed by atoms with Crippen LogP contribution >= 0.6 is 15.9 Å². The first-order chi connectivity index (χ1) is 7.31. The fourth-order valence-corrected chi connectivity index (χ4v) is 1.96. The molecule has 3 heteroatoms. The van der Waals surface area contributed by atoms with Gasteiger partial charge in [0.05, 0.1) is 12.0 Å². The van der Waals surface area contributed by atoms with Gasteiger partial charge in [0.15, 0.2) is 0 Å². The zero-order valence-electron chi connectivity index (χ0n) is 7.94. The molecule has 0 radical (unpaired) electrons. The van der Waals surface area contributed by atoms with Crippen molar-refractivity contribution in [2.45, 2.75) is 5.92 Å². The van der Waals surface area contributed by atoms with Gasteiger partial charge in [-0.3, -0.25) is 0 Å². The van der Waals surface area contributed by atoms with E-state index in [2.05, 4.69) is 27.0 Å². The van der Waals surface area contributed by atoms with Crippen LogP contribution in [0.1, 0.15) is 17.0 Å². The summed E-state index contributed by atoms with van der Waals surface area (Å²) in [5.74, 6) is -0.200.